The van der Waals surface area contributed by atoms with Crippen LogP contribution in [0.1, 0.15) is 36.5 Å². The molecule has 1 fully saturated rings. The number of nitrogens with zero attached hydrogens (tertiary/aromatic N) is 1. The van der Waals surface area contributed by atoms with Gasteiger partial charge >= 0.3 is 0 Å². The number of hydrogen-bond acceptors (Lipinski definition) is 2. The highest BCUT2D eigenvalue weighted by molar-refractivity contribution is 5.94. The van der Waals surface area contributed by atoms with E-state index in [0.717, 1.165) is 18.7 Å². The minimum atomic E-state index is 0.0118. The quantitative estimate of drug-likeness (QED) is 0.868. The zero-order chi connectivity index (χ0) is 12.1. The van der Waals surface area contributed by atoms with Crippen LogP contribution in [0.15, 0.2) is 24.3 Å². The van der Waals surface area contributed by atoms with E-state index < -0.39 is 0 Å². The Balaban J connectivity index is 2.04. The van der Waals surface area contributed by atoms with Crippen LogP contribution in [0, 0.1) is 0 Å². The first kappa shape index (κ1) is 12.0. The van der Waals surface area contributed by atoms with E-state index >= 15 is 0 Å². The number of carbonyl (C=O) groups excluding carboxylic acids is 1. The molecule has 17 heavy (non-hydrogen) atoms. The third-order valence-electron chi connectivity index (χ3n) is 3.19. The van der Waals surface area contributed by atoms with Crippen LogP contribution >= 0.6 is 0 Å². The molecule has 0 atom stereocenters. The van der Waals surface area contributed by atoms with E-state index in [2.05, 4.69) is 22.3 Å². The van der Waals surface area contributed by atoms with E-state index in [-0.39, 0.29) is 5.91 Å². The van der Waals surface area contributed by atoms with E-state index in [9.17, 15) is 4.79 Å². The summed E-state index contributed by atoms with van der Waals surface area (Å²) in [5, 5.41) is 2.81. The van der Waals surface area contributed by atoms with Gasteiger partial charge in [0, 0.05) is 30.9 Å². The van der Waals surface area contributed by atoms with Crippen LogP contribution in [-0.2, 0) is 0 Å². The van der Waals surface area contributed by atoms with Crippen LogP contribution in [0.25, 0.3) is 0 Å². The van der Waals surface area contributed by atoms with Crippen molar-refractivity contribution in [3.05, 3.63) is 29.8 Å². The maximum Gasteiger partial charge on any atom is 0.251 e. The topological polar surface area (TPSA) is 32.3 Å². The van der Waals surface area contributed by atoms with E-state index in [0.29, 0.717) is 6.54 Å². The van der Waals surface area contributed by atoms with Gasteiger partial charge in [0.25, 0.3) is 5.91 Å². The van der Waals surface area contributed by atoms with Crippen molar-refractivity contribution >= 4 is 11.6 Å². The van der Waals surface area contributed by atoms with Crippen LogP contribution < -0.4 is 10.2 Å². The molecule has 0 spiro atoms. The van der Waals surface area contributed by atoms with Gasteiger partial charge in [-0.25, -0.2) is 0 Å². The third kappa shape index (κ3) is 2.99. The first-order valence-electron chi connectivity index (χ1n) is 6.44. The zero-order valence-corrected chi connectivity index (χ0v) is 10.4. The van der Waals surface area contributed by atoms with Gasteiger partial charge in [0.05, 0.1) is 0 Å². The number of nitrogens with one attached hydrogen (secondary N) is 1. The number of carbonyl (C=O) groups is 1. The number of piperidine rings is 1. The summed E-state index contributed by atoms with van der Waals surface area (Å²) >= 11 is 0. The molecule has 1 saturated heterocycles. The fourth-order valence-corrected chi connectivity index (χ4v) is 2.24. The van der Waals surface area contributed by atoms with Crippen molar-refractivity contribution in [2.75, 3.05) is 24.5 Å². The van der Waals surface area contributed by atoms with Gasteiger partial charge in [-0.1, -0.05) is 0 Å². The van der Waals surface area contributed by atoms with Gasteiger partial charge in [-0.3, -0.25) is 4.79 Å². The fourth-order valence-electron chi connectivity index (χ4n) is 2.24. The lowest BCUT2D eigenvalue weighted by Gasteiger charge is -2.28. The molecule has 92 valence electrons. The molecule has 1 N–H and O–H groups in total. The molecule has 0 aliphatic carbocycles. The Bertz CT molecular complexity index is 366. The average molecular weight is 232 g/mol. The second-order valence-electron chi connectivity index (χ2n) is 4.45. The van der Waals surface area contributed by atoms with Crippen molar-refractivity contribution in [1.29, 1.82) is 0 Å². The Labute approximate surface area is 103 Å². The standard InChI is InChI=1S/C14H20N2O/c1-2-15-14(17)12-6-8-13(9-7-12)16-10-4-3-5-11-16/h6-9H,2-5,10-11H2,1H3,(H,15,17). The Morgan fingerprint density at radius 1 is 1.18 bits per heavy atom. The molecule has 0 radical (unpaired) electrons. The summed E-state index contributed by atoms with van der Waals surface area (Å²) in [5.74, 6) is 0.0118. The molecule has 1 aliphatic heterocycles. The van der Waals surface area contributed by atoms with E-state index in [1.165, 1.54) is 24.9 Å². The molecule has 3 heteroatoms. The molecule has 1 aliphatic rings. The highest BCUT2D eigenvalue weighted by atomic mass is 16.1. The number of amides is 1. The number of benzene rings is 1. The van der Waals surface area contributed by atoms with Gasteiger partial charge in [-0.05, 0) is 50.5 Å². The van der Waals surface area contributed by atoms with Crippen LogP contribution in [-0.4, -0.2) is 25.5 Å². The average Bonchev–Trinajstić information content (AvgIpc) is 2.40. The van der Waals surface area contributed by atoms with Gasteiger partial charge in [-0.15, -0.1) is 0 Å². The highest BCUT2D eigenvalue weighted by Crippen LogP contribution is 2.20. The monoisotopic (exact) mass is 232 g/mol. The molecule has 0 bridgehead atoms. The molecule has 3 nitrogen and oxygen atoms in total. The SMILES string of the molecule is CCNC(=O)c1ccc(N2CCCCC2)cc1. The summed E-state index contributed by atoms with van der Waals surface area (Å²) in [4.78, 5) is 14.0. The second kappa shape index (κ2) is 5.71. The second-order valence-corrected chi connectivity index (χ2v) is 4.45. The third-order valence-corrected chi connectivity index (χ3v) is 3.19. The summed E-state index contributed by atoms with van der Waals surface area (Å²) in [6, 6.07) is 7.93. The Hall–Kier alpha value is -1.51. The number of anilines is 1. The molecule has 1 amide bonds. The zero-order valence-electron chi connectivity index (χ0n) is 10.4. The molecule has 1 aromatic rings. The Morgan fingerprint density at radius 2 is 1.82 bits per heavy atom. The van der Waals surface area contributed by atoms with Crippen LogP contribution in [0.5, 0.6) is 0 Å². The first-order chi connectivity index (χ1) is 8.31. The predicted molar refractivity (Wildman–Crippen MR) is 70.5 cm³/mol. The summed E-state index contributed by atoms with van der Waals surface area (Å²) in [6.07, 6.45) is 3.89. The molecule has 0 unspecified atom stereocenters. The lowest BCUT2D eigenvalue weighted by atomic mass is 10.1. The van der Waals surface area contributed by atoms with Crippen molar-refractivity contribution in [3.8, 4) is 0 Å². The normalized spacial score (nSPS) is 15.7. The first-order valence-corrected chi connectivity index (χ1v) is 6.44. The minimum absolute atomic E-state index is 0.0118. The van der Waals surface area contributed by atoms with E-state index in [1.807, 2.05) is 19.1 Å². The van der Waals surface area contributed by atoms with Crippen molar-refractivity contribution < 1.29 is 4.79 Å². The van der Waals surface area contributed by atoms with Crippen molar-refractivity contribution in [2.45, 2.75) is 26.2 Å². The van der Waals surface area contributed by atoms with Crippen LogP contribution in [0.4, 0.5) is 5.69 Å². The maximum atomic E-state index is 11.6. The fraction of sp³-hybridized carbons (Fsp3) is 0.500. The summed E-state index contributed by atoms with van der Waals surface area (Å²) in [7, 11) is 0. The van der Waals surface area contributed by atoms with Crippen molar-refractivity contribution in [2.24, 2.45) is 0 Å². The smallest absolute Gasteiger partial charge is 0.251 e. The number of rotatable bonds is 3. The van der Waals surface area contributed by atoms with E-state index in [4.69, 9.17) is 0 Å². The predicted octanol–water partition coefficient (Wildman–Crippen LogP) is 2.43. The largest absolute Gasteiger partial charge is 0.372 e. The van der Waals surface area contributed by atoms with E-state index in [1.54, 1.807) is 0 Å². The van der Waals surface area contributed by atoms with Gasteiger partial charge in [-0.2, -0.15) is 0 Å². The van der Waals surface area contributed by atoms with Gasteiger partial charge < -0.3 is 10.2 Å². The summed E-state index contributed by atoms with van der Waals surface area (Å²) < 4.78 is 0. The van der Waals surface area contributed by atoms with Crippen molar-refractivity contribution in [1.82, 2.24) is 5.32 Å². The molecule has 2 rings (SSSR count). The lowest BCUT2D eigenvalue weighted by Crippen LogP contribution is -2.29. The van der Waals surface area contributed by atoms with Gasteiger partial charge in [0.15, 0.2) is 0 Å². The summed E-state index contributed by atoms with van der Waals surface area (Å²) in [6.45, 7) is 4.88. The molecular weight excluding hydrogens is 212 g/mol. The molecular formula is C14H20N2O. The lowest BCUT2D eigenvalue weighted by molar-refractivity contribution is 0.0956. The molecule has 0 aromatic heterocycles. The molecule has 1 heterocycles. The Kier molecular flexibility index (Phi) is 4.02. The van der Waals surface area contributed by atoms with Crippen LogP contribution in [0.3, 0.4) is 0 Å². The van der Waals surface area contributed by atoms with Gasteiger partial charge in [0.1, 0.15) is 0 Å². The van der Waals surface area contributed by atoms with Crippen molar-refractivity contribution in [3.63, 3.8) is 0 Å². The Morgan fingerprint density at radius 3 is 2.41 bits per heavy atom. The summed E-state index contributed by atoms with van der Waals surface area (Å²) in [5.41, 5.74) is 1.98. The highest BCUT2D eigenvalue weighted by Gasteiger charge is 2.11. The maximum absolute atomic E-state index is 11.6. The minimum Gasteiger partial charge on any atom is -0.372 e. The number of hydrogen-bond donors (Lipinski definition) is 1. The molecule has 0 saturated carbocycles. The van der Waals surface area contributed by atoms with Crippen LogP contribution in [0.2, 0.25) is 0 Å². The molecule has 1 aromatic carbocycles. The van der Waals surface area contributed by atoms with Gasteiger partial charge in [0.2, 0.25) is 0 Å².